The van der Waals surface area contributed by atoms with Crippen LogP contribution in [0.15, 0.2) is 0 Å². The Morgan fingerprint density at radius 1 is 1.33 bits per heavy atom. The molecule has 0 bridgehead atoms. The van der Waals surface area contributed by atoms with Crippen LogP contribution in [-0.2, 0) is 4.79 Å². The van der Waals surface area contributed by atoms with Gasteiger partial charge in [0, 0.05) is 18.5 Å². The van der Waals surface area contributed by atoms with Gasteiger partial charge in [-0.05, 0) is 32.1 Å². The molecule has 2 rings (SSSR count). The number of fused-ring (bicyclic) bond motifs is 1. The van der Waals surface area contributed by atoms with E-state index in [1.807, 2.05) is 0 Å². The summed E-state index contributed by atoms with van der Waals surface area (Å²) in [4.78, 5) is 13.7. The maximum Gasteiger partial charge on any atom is 0.223 e. The summed E-state index contributed by atoms with van der Waals surface area (Å²) in [5.41, 5.74) is 0. The van der Waals surface area contributed by atoms with E-state index in [9.17, 15) is 4.79 Å². The third kappa shape index (κ3) is 1.13. The van der Waals surface area contributed by atoms with Crippen LogP contribution < -0.4 is 0 Å². The van der Waals surface area contributed by atoms with Gasteiger partial charge in [0.05, 0.1) is 0 Å². The van der Waals surface area contributed by atoms with Crippen molar-refractivity contribution in [3.05, 3.63) is 0 Å². The van der Waals surface area contributed by atoms with Crippen LogP contribution in [0.25, 0.3) is 0 Å². The molecule has 0 radical (unpaired) electrons. The van der Waals surface area contributed by atoms with Crippen LogP contribution in [0.3, 0.4) is 0 Å². The predicted molar refractivity (Wildman–Crippen MR) is 47.7 cm³/mol. The van der Waals surface area contributed by atoms with Gasteiger partial charge in [0.1, 0.15) is 0 Å². The normalized spacial score (nSPS) is 41.7. The maximum absolute atomic E-state index is 11.6. The van der Waals surface area contributed by atoms with Gasteiger partial charge in [-0.2, -0.15) is 0 Å². The summed E-state index contributed by atoms with van der Waals surface area (Å²) in [5.74, 6) is 1.01. The van der Waals surface area contributed by atoms with Gasteiger partial charge in [-0.25, -0.2) is 0 Å². The van der Waals surface area contributed by atoms with Gasteiger partial charge in [0.25, 0.3) is 0 Å². The topological polar surface area (TPSA) is 20.3 Å². The fourth-order valence-electron chi connectivity index (χ4n) is 2.70. The molecule has 0 aromatic heterocycles. The first kappa shape index (κ1) is 8.09. The predicted octanol–water partition coefficient (Wildman–Crippen LogP) is 1.80. The highest BCUT2D eigenvalue weighted by atomic mass is 16.2. The Bertz CT molecular complexity index is 202. The molecule has 2 heteroatoms. The maximum atomic E-state index is 11.6. The number of hydrogen-bond donors (Lipinski definition) is 0. The second kappa shape index (κ2) is 2.75. The molecule has 0 aromatic carbocycles. The van der Waals surface area contributed by atoms with E-state index in [0.717, 1.165) is 6.42 Å². The van der Waals surface area contributed by atoms with Crippen molar-refractivity contribution in [2.24, 2.45) is 5.92 Å². The Hall–Kier alpha value is -0.530. The summed E-state index contributed by atoms with van der Waals surface area (Å²) in [6.45, 7) is 4.37. The largest absolute Gasteiger partial charge is 0.337 e. The number of carbonyl (C=O) groups excluding carboxylic acids is 1. The molecule has 0 spiro atoms. The summed E-state index contributed by atoms with van der Waals surface area (Å²) in [5, 5.41) is 0. The van der Waals surface area contributed by atoms with Gasteiger partial charge in [-0.3, -0.25) is 4.79 Å². The first-order valence-corrected chi connectivity index (χ1v) is 4.99. The van der Waals surface area contributed by atoms with Crippen LogP contribution in [0, 0.1) is 5.92 Å². The molecule has 2 nitrogen and oxygen atoms in total. The van der Waals surface area contributed by atoms with Crippen molar-refractivity contribution in [2.45, 2.75) is 51.6 Å². The average Bonchev–Trinajstić information content (AvgIpc) is 2.31. The molecule has 0 saturated carbocycles. The minimum atomic E-state index is 0.392. The van der Waals surface area contributed by atoms with Crippen LogP contribution in [0.4, 0.5) is 0 Å². The fourth-order valence-corrected chi connectivity index (χ4v) is 2.70. The van der Waals surface area contributed by atoms with Gasteiger partial charge in [0.2, 0.25) is 5.91 Å². The van der Waals surface area contributed by atoms with Crippen LogP contribution in [0.1, 0.15) is 39.5 Å². The van der Waals surface area contributed by atoms with E-state index in [1.165, 1.54) is 19.3 Å². The smallest absolute Gasteiger partial charge is 0.223 e. The Morgan fingerprint density at radius 3 is 2.83 bits per heavy atom. The van der Waals surface area contributed by atoms with E-state index in [2.05, 4.69) is 18.7 Å². The van der Waals surface area contributed by atoms with Crippen molar-refractivity contribution in [3.8, 4) is 0 Å². The second-order valence-corrected chi connectivity index (χ2v) is 4.43. The summed E-state index contributed by atoms with van der Waals surface area (Å²) in [6, 6.07) is 1.09. The molecule has 2 heterocycles. The van der Waals surface area contributed by atoms with Gasteiger partial charge in [-0.1, -0.05) is 6.92 Å². The van der Waals surface area contributed by atoms with Gasteiger partial charge >= 0.3 is 0 Å². The molecule has 2 aliphatic rings. The molecule has 0 aliphatic carbocycles. The first-order chi connectivity index (χ1) is 5.68. The lowest BCUT2D eigenvalue weighted by molar-refractivity contribution is -0.138. The van der Waals surface area contributed by atoms with E-state index in [0.29, 0.717) is 23.9 Å². The number of carbonyl (C=O) groups is 1. The molecule has 1 amide bonds. The van der Waals surface area contributed by atoms with E-state index in [4.69, 9.17) is 0 Å². The Kier molecular flexibility index (Phi) is 1.85. The molecule has 0 N–H and O–H groups in total. The van der Waals surface area contributed by atoms with Crippen molar-refractivity contribution in [1.29, 1.82) is 0 Å². The monoisotopic (exact) mass is 167 g/mol. The van der Waals surface area contributed by atoms with Gasteiger partial charge < -0.3 is 4.90 Å². The summed E-state index contributed by atoms with van der Waals surface area (Å²) in [6.07, 6.45) is 4.46. The highest BCUT2D eigenvalue weighted by Gasteiger charge is 2.38. The van der Waals surface area contributed by atoms with E-state index < -0.39 is 0 Å². The lowest BCUT2D eigenvalue weighted by Crippen LogP contribution is -2.45. The number of amides is 1. The quantitative estimate of drug-likeness (QED) is 0.538. The van der Waals surface area contributed by atoms with Gasteiger partial charge in [0.15, 0.2) is 0 Å². The Morgan fingerprint density at radius 2 is 2.08 bits per heavy atom. The molecular formula is C10H17NO. The molecule has 12 heavy (non-hydrogen) atoms. The molecule has 0 aromatic rings. The van der Waals surface area contributed by atoms with E-state index >= 15 is 0 Å². The summed E-state index contributed by atoms with van der Waals surface area (Å²) < 4.78 is 0. The van der Waals surface area contributed by atoms with Crippen molar-refractivity contribution in [2.75, 3.05) is 0 Å². The lowest BCUT2D eigenvalue weighted by Gasteiger charge is -2.35. The second-order valence-electron chi connectivity index (χ2n) is 4.43. The Balaban J connectivity index is 2.14. The minimum absolute atomic E-state index is 0.392. The molecule has 2 fully saturated rings. The first-order valence-electron chi connectivity index (χ1n) is 4.99. The average molecular weight is 167 g/mol. The van der Waals surface area contributed by atoms with Crippen LogP contribution >= 0.6 is 0 Å². The van der Waals surface area contributed by atoms with Crippen LogP contribution in [0.2, 0.25) is 0 Å². The zero-order valence-corrected chi connectivity index (χ0v) is 7.92. The molecular weight excluding hydrogens is 150 g/mol. The number of piperidine rings is 1. The number of nitrogens with zero attached hydrogens (tertiary/aromatic N) is 1. The highest BCUT2D eigenvalue weighted by molar-refractivity contribution is 5.78. The number of rotatable bonds is 0. The molecule has 3 unspecified atom stereocenters. The molecule has 68 valence electrons. The zero-order valence-electron chi connectivity index (χ0n) is 7.92. The van der Waals surface area contributed by atoms with Gasteiger partial charge in [-0.15, -0.1) is 0 Å². The highest BCUT2D eigenvalue weighted by Crippen LogP contribution is 2.34. The SMILES string of the molecule is CC1CC(=O)N2C(C)CCC2C1. The summed E-state index contributed by atoms with van der Waals surface area (Å²) in [7, 11) is 0. The van der Waals surface area contributed by atoms with Crippen molar-refractivity contribution in [1.82, 2.24) is 4.90 Å². The third-order valence-electron chi connectivity index (χ3n) is 3.27. The number of hydrogen-bond acceptors (Lipinski definition) is 1. The van der Waals surface area contributed by atoms with E-state index in [1.54, 1.807) is 0 Å². The molecule has 2 saturated heterocycles. The minimum Gasteiger partial charge on any atom is -0.337 e. The van der Waals surface area contributed by atoms with Crippen molar-refractivity contribution in [3.63, 3.8) is 0 Å². The van der Waals surface area contributed by atoms with Crippen LogP contribution in [0.5, 0.6) is 0 Å². The van der Waals surface area contributed by atoms with Crippen LogP contribution in [-0.4, -0.2) is 22.9 Å². The zero-order chi connectivity index (χ0) is 8.72. The van der Waals surface area contributed by atoms with Crippen molar-refractivity contribution < 1.29 is 4.79 Å². The summed E-state index contributed by atoms with van der Waals surface area (Å²) >= 11 is 0. The third-order valence-corrected chi connectivity index (χ3v) is 3.27. The Labute approximate surface area is 73.9 Å². The fraction of sp³-hybridized carbons (Fsp3) is 0.900. The van der Waals surface area contributed by atoms with E-state index in [-0.39, 0.29) is 0 Å². The lowest BCUT2D eigenvalue weighted by atomic mass is 9.92. The molecule has 2 aliphatic heterocycles. The molecule has 3 atom stereocenters. The van der Waals surface area contributed by atoms with Crippen molar-refractivity contribution >= 4 is 5.91 Å². The standard InChI is InChI=1S/C10H17NO/c1-7-5-9-4-3-8(2)11(9)10(12)6-7/h7-9H,3-6H2,1-2H3.